The highest BCUT2D eigenvalue weighted by Gasteiger charge is 2.17. The van der Waals surface area contributed by atoms with E-state index in [-0.39, 0.29) is 40.5 Å². The lowest BCUT2D eigenvalue weighted by molar-refractivity contribution is 0.0941. The van der Waals surface area contributed by atoms with Crippen LogP contribution >= 0.6 is 23.2 Å². The highest BCUT2D eigenvalue weighted by molar-refractivity contribution is 6.37. The normalized spacial score (nSPS) is 10.8. The van der Waals surface area contributed by atoms with Crippen LogP contribution in [0.3, 0.4) is 0 Å². The number of phenolic OH excluding ortho intramolecular Hbond substituents is 1. The predicted molar refractivity (Wildman–Crippen MR) is 93.8 cm³/mol. The predicted octanol–water partition coefficient (Wildman–Crippen LogP) is 4.00. The molecule has 140 valence electrons. The molecule has 0 bridgehead atoms. The third kappa shape index (κ3) is 4.35. The molecule has 1 heterocycles. The van der Waals surface area contributed by atoms with E-state index >= 15 is 0 Å². The molecule has 0 aliphatic carbocycles. The van der Waals surface area contributed by atoms with Crippen LogP contribution in [0.15, 0.2) is 34.9 Å². The van der Waals surface area contributed by atoms with E-state index in [2.05, 4.69) is 15.5 Å². The van der Waals surface area contributed by atoms with Gasteiger partial charge in [-0.1, -0.05) is 34.4 Å². The number of benzene rings is 2. The number of halogens is 4. The summed E-state index contributed by atoms with van der Waals surface area (Å²) in [6.45, 7) is 0.157. The van der Waals surface area contributed by atoms with E-state index in [1.165, 1.54) is 18.2 Å². The molecule has 0 unspecified atom stereocenters. The molecule has 1 amide bonds. The average Bonchev–Trinajstić information content (AvgIpc) is 3.12. The largest absolute Gasteiger partial charge is 0.505 e. The molecular formula is C17H11Cl2F2N3O3. The topological polar surface area (TPSA) is 88.2 Å². The molecule has 0 saturated heterocycles. The van der Waals surface area contributed by atoms with E-state index in [1.54, 1.807) is 0 Å². The van der Waals surface area contributed by atoms with Gasteiger partial charge in [-0.2, -0.15) is 4.98 Å². The molecule has 3 aromatic rings. The van der Waals surface area contributed by atoms with E-state index in [4.69, 9.17) is 27.7 Å². The molecule has 0 fully saturated rings. The molecule has 0 atom stereocenters. The van der Waals surface area contributed by atoms with Crippen LogP contribution in [-0.2, 0) is 6.42 Å². The van der Waals surface area contributed by atoms with Crippen molar-refractivity contribution in [3.8, 4) is 17.2 Å². The van der Waals surface area contributed by atoms with Gasteiger partial charge in [0.25, 0.3) is 17.6 Å². The van der Waals surface area contributed by atoms with Gasteiger partial charge in [-0.15, -0.1) is 0 Å². The maximum Gasteiger partial charge on any atom is 0.292 e. The van der Waals surface area contributed by atoms with Gasteiger partial charge in [-0.05, 0) is 36.2 Å². The lowest BCUT2D eigenvalue weighted by Gasteiger charge is -2.03. The van der Waals surface area contributed by atoms with Crippen molar-refractivity contribution >= 4 is 29.1 Å². The first-order valence-electron chi connectivity index (χ1n) is 7.59. The summed E-state index contributed by atoms with van der Waals surface area (Å²) in [6, 6.07) is 6.23. The molecule has 10 heteroatoms. The van der Waals surface area contributed by atoms with Crippen molar-refractivity contribution in [3.63, 3.8) is 0 Å². The number of carbonyl (C=O) groups is 1. The fraction of sp³-hybridized carbons (Fsp3) is 0.118. The number of aromatic nitrogens is 2. The molecule has 2 aromatic carbocycles. The molecule has 1 aromatic heterocycles. The summed E-state index contributed by atoms with van der Waals surface area (Å²) < 4.78 is 31.0. The lowest BCUT2D eigenvalue weighted by atomic mass is 10.1. The fourth-order valence-electron chi connectivity index (χ4n) is 2.22. The summed E-state index contributed by atoms with van der Waals surface area (Å²) >= 11 is 11.7. The first kappa shape index (κ1) is 19.1. The summed E-state index contributed by atoms with van der Waals surface area (Å²) in [5.74, 6) is -3.01. The highest BCUT2D eigenvalue weighted by Crippen LogP contribution is 2.35. The molecule has 0 aliphatic rings. The second-order valence-corrected chi connectivity index (χ2v) is 6.28. The van der Waals surface area contributed by atoms with Crippen molar-refractivity contribution in [2.24, 2.45) is 0 Å². The summed E-state index contributed by atoms with van der Waals surface area (Å²) in [5.41, 5.74) is 0.854. The smallest absolute Gasteiger partial charge is 0.292 e. The van der Waals surface area contributed by atoms with Gasteiger partial charge in [0.2, 0.25) is 0 Å². The van der Waals surface area contributed by atoms with Crippen LogP contribution in [0.2, 0.25) is 10.0 Å². The van der Waals surface area contributed by atoms with Crippen LogP contribution in [0.4, 0.5) is 8.78 Å². The van der Waals surface area contributed by atoms with Crippen molar-refractivity contribution in [1.82, 2.24) is 15.5 Å². The van der Waals surface area contributed by atoms with Crippen molar-refractivity contribution in [1.29, 1.82) is 0 Å². The van der Waals surface area contributed by atoms with Crippen LogP contribution in [0, 0.1) is 11.6 Å². The Morgan fingerprint density at radius 2 is 1.85 bits per heavy atom. The third-order valence-corrected chi connectivity index (χ3v) is 4.15. The average molecular weight is 414 g/mol. The van der Waals surface area contributed by atoms with Gasteiger partial charge in [0.05, 0.1) is 10.0 Å². The number of hydrogen-bond acceptors (Lipinski definition) is 5. The first-order chi connectivity index (χ1) is 12.8. The van der Waals surface area contributed by atoms with E-state index in [1.807, 2.05) is 0 Å². The zero-order valence-corrected chi connectivity index (χ0v) is 15.0. The summed E-state index contributed by atoms with van der Waals surface area (Å²) in [5, 5.41) is 15.7. The molecule has 0 spiro atoms. The van der Waals surface area contributed by atoms with E-state index in [9.17, 15) is 18.7 Å². The molecule has 3 rings (SSSR count). The summed E-state index contributed by atoms with van der Waals surface area (Å²) in [6.07, 6.45) is 0.289. The SMILES string of the molecule is O=C(NCCc1ccc(F)c(F)c1)c1noc(-c2cc(Cl)c(O)c(Cl)c2)n1. The number of aromatic hydroxyl groups is 1. The molecule has 0 aliphatic heterocycles. The number of nitrogens with one attached hydrogen (secondary N) is 1. The monoisotopic (exact) mass is 413 g/mol. The van der Waals surface area contributed by atoms with Crippen molar-refractivity contribution in [2.75, 3.05) is 6.54 Å². The zero-order valence-electron chi connectivity index (χ0n) is 13.5. The van der Waals surface area contributed by atoms with Crippen LogP contribution in [-0.4, -0.2) is 27.7 Å². The van der Waals surface area contributed by atoms with Gasteiger partial charge >= 0.3 is 0 Å². The second-order valence-electron chi connectivity index (χ2n) is 5.47. The number of hydrogen-bond donors (Lipinski definition) is 2. The Labute approximate surface area is 161 Å². The van der Waals surface area contributed by atoms with Crippen molar-refractivity contribution in [2.45, 2.75) is 6.42 Å². The number of phenols is 1. The van der Waals surface area contributed by atoms with Crippen LogP contribution in [0.5, 0.6) is 5.75 Å². The molecule has 0 saturated carbocycles. The molecular weight excluding hydrogens is 403 g/mol. The highest BCUT2D eigenvalue weighted by atomic mass is 35.5. The van der Waals surface area contributed by atoms with Crippen molar-refractivity contribution < 1.29 is 23.2 Å². The van der Waals surface area contributed by atoms with Gasteiger partial charge in [0.15, 0.2) is 17.4 Å². The Morgan fingerprint density at radius 1 is 1.15 bits per heavy atom. The third-order valence-electron chi connectivity index (χ3n) is 3.58. The second kappa shape index (κ2) is 7.89. The fourth-order valence-corrected chi connectivity index (χ4v) is 2.70. The van der Waals surface area contributed by atoms with Gasteiger partial charge < -0.3 is 14.9 Å². The number of nitrogens with zero attached hydrogens (tertiary/aromatic N) is 2. The first-order valence-corrected chi connectivity index (χ1v) is 8.35. The number of amides is 1. The Hall–Kier alpha value is -2.71. The Kier molecular flexibility index (Phi) is 5.57. The Balaban J connectivity index is 1.64. The van der Waals surface area contributed by atoms with Gasteiger partial charge in [-0.3, -0.25) is 4.79 Å². The molecule has 6 nitrogen and oxygen atoms in total. The van der Waals surface area contributed by atoms with Crippen LogP contribution < -0.4 is 5.32 Å². The van der Waals surface area contributed by atoms with E-state index < -0.39 is 17.5 Å². The van der Waals surface area contributed by atoms with E-state index in [0.717, 1.165) is 12.1 Å². The minimum Gasteiger partial charge on any atom is -0.505 e. The molecule has 0 radical (unpaired) electrons. The molecule has 2 N–H and O–H groups in total. The quantitative estimate of drug-likeness (QED) is 0.659. The summed E-state index contributed by atoms with van der Waals surface area (Å²) in [4.78, 5) is 16.0. The van der Waals surface area contributed by atoms with Gasteiger partial charge in [0.1, 0.15) is 0 Å². The van der Waals surface area contributed by atoms with E-state index in [0.29, 0.717) is 11.1 Å². The number of rotatable bonds is 5. The minimum atomic E-state index is -0.951. The summed E-state index contributed by atoms with van der Waals surface area (Å²) in [7, 11) is 0. The van der Waals surface area contributed by atoms with Gasteiger partial charge in [-0.25, -0.2) is 8.78 Å². The maximum atomic E-state index is 13.1. The Morgan fingerprint density at radius 3 is 2.52 bits per heavy atom. The standard InChI is InChI=1S/C17H11Cl2F2N3O3/c18-10-6-9(7-11(19)14(10)25)17-23-15(24-27-17)16(26)22-4-3-8-1-2-12(20)13(21)5-8/h1-2,5-7,25H,3-4H2,(H,22,26). The zero-order chi connectivity index (χ0) is 19.6. The number of carbonyl (C=O) groups excluding carboxylic acids is 1. The minimum absolute atomic E-state index is 0.00627. The van der Waals surface area contributed by atoms with Crippen LogP contribution in [0.25, 0.3) is 11.5 Å². The Bertz CT molecular complexity index is 988. The van der Waals surface area contributed by atoms with Gasteiger partial charge in [0, 0.05) is 12.1 Å². The molecule has 27 heavy (non-hydrogen) atoms. The van der Waals surface area contributed by atoms with Crippen LogP contribution in [0.1, 0.15) is 16.2 Å². The maximum absolute atomic E-state index is 13.1. The van der Waals surface area contributed by atoms with Crippen molar-refractivity contribution in [3.05, 3.63) is 63.4 Å². The lowest BCUT2D eigenvalue weighted by Crippen LogP contribution is -2.26.